The molecule has 0 aliphatic carbocycles. The lowest BCUT2D eigenvalue weighted by Gasteiger charge is -2.47. The van der Waals surface area contributed by atoms with Gasteiger partial charge in [0.25, 0.3) is 5.91 Å². The normalized spacial score (nSPS) is 20.1. The first-order chi connectivity index (χ1) is 13.0. The Balaban J connectivity index is 1.37. The van der Waals surface area contributed by atoms with Gasteiger partial charge in [-0.3, -0.25) is 14.7 Å². The molecule has 2 aliphatic rings. The molecule has 0 saturated carbocycles. The topological polar surface area (TPSA) is 94.3 Å². The van der Waals surface area contributed by atoms with E-state index in [1.807, 2.05) is 6.07 Å². The number of aromatic nitrogens is 3. The van der Waals surface area contributed by atoms with Crippen LogP contribution in [0.15, 0.2) is 29.1 Å². The predicted octanol–water partition coefficient (Wildman–Crippen LogP) is 0.744. The summed E-state index contributed by atoms with van der Waals surface area (Å²) < 4.78 is 19.4. The number of aromatic amines is 2. The zero-order valence-electron chi connectivity index (χ0n) is 14.9. The van der Waals surface area contributed by atoms with Gasteiger partial charge in [-0.1, -0.05) is 12.1 Å². The minimum atomic E-state index is -0.494. The Morgan fingerprint density at radius 1 is 1.30 bits per heavy atom. The molecule has 1 spiro atoms. The summed E-state index contributed by atoms with van der Waals surface area (Å²) in [7, 11) is 0. The van der Waals surface area contributed by atoms with Gasteiger partial charge in [0.15, 0.2) is 0 Å². The van der Waals surface area contributed by atoms with Gasteiger partial charge in [-0.25, -0.2) is 14.3 Å². The highest BCUT2D eigenvalue weighted by molar-refractivity contribution is 5.90. The van der Waals surface area contributed by atoms with Crippen LogP contribution in [0.25, 0.3) is 0 Å². The van der Waals surface area contributed by atoms with E-state index in [0.717, 1.165) is 31.5 Å². The van der Waals surface area contributed by atoms with Crippen molar-refractivity contribution in [2.24, 2.45) is 0 Å². The largest absolute Gasteiger partial charge is 0.371 e. The van der Waals surface area contributed by atoms with Crippen LogP contribution < -0.4 is 5.69 Å². The number of hydrogen-bond donors (Lipinski definition) is 2. The monoisotopic (exact) mass is 375 g/mol. The molecule has 144 valence electrons. The van der Waals surface area contributed by atoms with E-state index in [1.54, 1.807) is 17.0 Å². The lowest BCUT2D eigenvalue weighted by molar-refractivity contribution is -0.128. The Bertz CT molecular complexity index is 872. The van der Waals surface area contributed by atoms with E-state index in [9.17, 15) is 14.0 Å². The van der Waals surface area contributed by atoms with E-state index in [1.165, 1.54) is 6.07 Å². The summed E-state index contributed by atoms with van der Waals surface area (Å²) in [6.45, 7) is 3.75. The van der Waals surface area contributed by atoms with Crippen molar-refractivity contribution in [1.82, 2.24) is 25.0 Å². The molecular weight excluding hydrogens is 353 g/mol. The van der Waals surface area contributed by atoms with Crippen LogP contribution in [0.2, 0.25) is 0 Å². The summed E-state index contributed by atoms with van der Waals surface area (Å²) in [5.41, 5.74) is 0.0879. The van der Waals surface area contributed by atoms with Crippen LogP contribution in [0.3, 0.4) is 0 Å². The van der Waals surface area contributed by atoms with Crippen LogP contribution in [0.4, 0.5) is 4.39 Å². The second-order valence-corrected chi connectivity index (χ2v) is 7.19. The number of piperidine rings is 1. The van der Waals surface area contributed by atoms with E-state index in [4.69, 9.17) is 4.74 Å². The highest BCUT2D eigenvalue weighted by Gasteiger charge is 2.41. The van der Waals surface area contributed by atoms with Gasteiger partial charge >= 0.3 is 5.69 Å². The third-order valence-electron chi connectivity index (χ3n) is 5.30. The van der Waals surface area contributed by atoms with Crippen LogP contribution in [0, 0.1) is 5.82 Å². The summed E-state index contributed by atoms with van der Waals surface area (Å²) in [4.78, 5) is 30.1. The molecule has 2 saturated heterocycles. The molecule has 9 heteroatoms. The van der Waals surface area contributed by atoms with Crippen LogP contribution >= 0.6 is 0 Å². The van der Waals surface area contributed by atoms with Crippen LogP contribution in [0.1, 0.15) is 29.0 Å². The highest BCUT2D eigenvalue weighted by Crippen LogP contribution is 2.31. The average molecular weight is 375 g/mol. The van der Waals surface area contributed by atoms with Gasteiger partial charge in [0.2, 0.25) is 5.82 Å². The first-order valence-electron chi connectivity index (χ1n) is 9.08. The number of ether oxygens (including phenoxy) is 1. The number of morpholine rings is 1. The molecule has 4 rings (SSSR count). The number of rotatable bonds is 3. The summed E-state index contributed by atoms with van der Waals surface area (Å²) in [6, 6.07) is 6.66. The Labute approximate surface area is 155 Å². The molecule has 3 heterocycles. The standard InChI is InChI=1S/C18H22FN5O3/c19-14-3-1-2-13(10-14)11-23-6-4-18(5-7-23)12-24(8-9-27-18)16(25)15-20-17(26)22-21-15/h1-3,10H,4-9,11-12H2,(H2,20,21,22,26). The van der Waals surface area contributed by atoms with Gasteiger partial charge in [-0.2, -0.15) is 0 Å². The number of benzene rings is 1. The van der Waals surface area contributed by atoms with E-state index in [0.29, 0.717) is 26.2 Å². The molecule has 2 fully saturated rings. The Hall–Kier alpha value is -2.52. The number of nitrogens with zero attached hydrogens (tertiary/aromatic N) is 3. The van der Waals surface area contributed by atoms with E-state index < -0.39 is 5.69 Å². The fraction of sp³-hybridized carbons (Fsp3) is 0.500. The predicted molar refractivity (Wildman–Crippen MR) is 94.7 cm³/mol. The first-order valence-corrected chi connectivity index (χ1v) is 9.08. The molecule has 8 nitrogen and oxygen atoms in total. The maximum absolute atomic E-state index is 13.4. The Morgan fingerprint density at radius 3 is 2.81 bits per heavy atom. The van der Waals surface area contributed by atoms with Crippen molar-refractivity contribution in [2.45, 2.75) is 25.0 Å². The molecule has 1 amide bonds. The second kappa shape index (κ2) is 7.24. The van der Waals surface area contributed by atoms with Crippen LogP contribution in [-0.2, 0) is 11.3 Å². The molecule has 0 bridgehead atoms. The number of halogens is 1. The van der Waals surface area contributed by atoms with E-state index in [-0.39, 0.29) is 23.1 Å². The molecular formula is C18H22FN5O3. The third kappa shape index (κ3) is 3.93. The van der Waals surface area contributed by atoms with Gasteiger partial charge in [0.1, 0.15) is 5.82 Å². The van der Waals surface area contributed by atoms with Crippen molar-refractivity contribution >= 4 is 5.91 Å². The molecule has 1 aromatic carbocycles. The summed E-state index contributed by atoms with van der Waals surface area (Å²) >= 11 is 0. The van der Waals surface area contributed by atoms with Crippen molar-refractivity contribution in [3.8, 4) is 0 Å². The highest BCUT2D eigenvalue weighted by atomic mass is 19.1. The maximum atomic E-state index is 13.4. The number of carbonyl (C=O) groups is 1. The van der Waals surface area contributed by atoms with Crippen molar-refractivity contribution in [2.75, 3.05) is 32.8 Å². The lowest BCUT2D eigenvalue weighted by Crippen LogP contribution is -2.58. The molecule has 1 aromatic heterocycles. The van der Waals surface area contributed by atoms with Crippen LogP contribution in [0.5, 0.6) is 0 Å². The number of likely N-dealkylation sites (tertiary alicyclic amines) is 1. The Kier molecular flexibility index (Phi) is 4.79. The minimum absolute atomic E-state index is 0.0283. The van der Waals surface area contributed by atoms with Crippen molar-refractivity contribution in [3.05, 3.63) is 52.0 Å². The van der Waals surface area contributed by atoms with E-state index >= 15 is 0 Å². The first kappa shape index (κ1) is 17.9. The second-order valence-electron chi connectivity index (χ2n) is 7.19. The molecule has 0 unspecified atom stereocenters. The molecule has 2 aliphatic heterocycles. The lowest BCUT2D eigenvalue weighted by atomic mass is 9.89. The molecule has 2 N–H and O–H groups in total. The summed E-state index contributed by atoms with van der Waals surface area (Å²) in [5, 5.41) is 5.95. The van der Waals surface area contributed by atoms with Crippen LogP contribution in [-0.4, -0.2) is 69.3 Å². The van der Waals surface area contributed by atoms with E-state index in [2.05, 4.69) is 20.1 Å². The Morgan fingerprint density at radius 2 is 2.11 bits per heavy atom. The third-order valence-corrected chi connectivity index (χ3v) is 5.30. The molecule has 2 aromatic rings. The summed E-state index contributed by atoms with van der Waals surface area (Å²) in [5.74, 6) is -0.485. The zero-order chi connectivity index (χ0) is 18.9. The van der Waals surface area contributed by atoms with Gasteiger partial charge in [0, 0.05) is 26.2 Å². The minimum Gasteiger partial charge on any atom is -0.371 e. The fourth-order valence-electron chi connectivity index (χ4n) is 3.85. The molecule has 0 atom stereocenters. The van der Waals surface area contributed by atoms with Crippen molar-refractivity contribution < 1.29 is 13.9 Å². The fourth-order valence-corrected chi connectivity index (χ4v) is 3.85. The maximum Gasteiger partial charge on any atom is 0.341 e. The van der Waals surface area contributed by atoms with Gasteiger partial charge in [0.05, 0.1) is 18.8 Å². The number of amides is 1. The SMILES string of the molecule is O=C(c1n[nH]c(=O)[nH]1)N1CCOC2(CCN(Cc3cccc(F)c3)CC2)C1. The number of nitrogens with one attached hydrogen (secondary N) is 2. The summed E-state index contributed by atoms with van der Waals surface area (Å²) in [6.07, 6.45) is 1.59. The van der Waals surface area contributed by atoms with Gasteiger partial charge in [-0.05, 0) is 30.5 Å². The van der Waals surface area contributed by atoms with Crippen molar-refractivity contribution in [1.29, 1.82) is 0 Å². The number of H-pyrrole nitrogens is 2. The number of hydrogen-bond acceptors (Lipinski definition) is 5. The van der Waals surface area contributed by atoms with Gasteiger partial charge in [-0.15, -0.1) is 5.10 Å². The molecule has 27 heavy (non-hydrogen) atoms. The van der Waals surface area contributed by atoms with Crippen molar-refractivity contribution in [3.63, 3.8) is 0 Å². The van der Waals surface area contributed by atoms with Gasteiger partial charge < -0.3 is 9.64 Å². The smallest absolute Gasteiger partial charge is 0.341 e. The average Bonchev–Trinajstić information content (AvgIpc) is 3.10. The quantitative estimate of drug-likeness (QED) is 0.825. The number of carbonyl (C=O) groups excluding carboxylic acids is 1. The molecule has 0 radical (unpaired) electrons. The zero-order valence-corrected chi connectivity index (χ0v) is 14.9.